The minimum atomic E-state index is -0.453. The van der Waals surface area contributed by atoms with Crippen molar-refractivity contribution in [2.75, 3.05) is 14.2 Å². The number of hydrogen-bond acceptors (Lipinski definition) is 5. The minimum Gasteiger partial charge on any atom is -0.502 e. The predicted molar refractivity (Wildman–Crippen MR) is 68.9 cm³/mol. The molecule has 0 saturated heterocycles. The molecule has 19 heavy (non-hydrogen) atoms. The van der Waals surface area contributed by atoms with Crippen LogP contribution in [0.5, 0.6) is 17.2 Å². The fourth-order valence-corrected chi connectivity index (χ4v) is 2.32. The molecule has 1 aliphatic rings. The molecule has 1 atom stereocenters. The molecule has 0 fully saturated rings. The number of ether oxygens (including phenoxy) is 3. The van der Waals surface area contributed by atoms with E-state index >= 15 is 0 Å². The highest BCUT2D eigenvalue weighted by Gasteiger charge is 2.36. The summed E-state index contributed by atoms with van der Waals surface area (Å²) in [5.41, 5.74) is 1.03. The van der Waals surface area contributed by atoms with Gasteiger partial charge in [-0.3, -0.25) is 0 Å². The second kappa shape index (κ2) is 5.38. The quantitative estimate of drug-likeness (QED) is 0.830. The van der Waals surface area contributed by atoms with Crippen LogP contribution in [0.2, 0.25) is 0 Å². The first-order valence-corrected chi connectivity index (χ1v) is 6.32. The van der Waals surface area contributed by atoms with Crippen molar-refractivity contribution in [1.82, 2.24) is 0 Å². The summed E-state index contributed by atoms with van der Waals surface area (Å²) in [5.74, 6) is -0.212. The number of benzene rings is 1. The van der Waals surface area contributed by atoms with E-state index in [9.17, 15) is 9.90 Å². The summed E-state index contributed by atoms with van der Waals surface area (Å²) in [6, 6.07) is 1.65. The molecular formula is C14H18O5. The van der Waals surface area contributed by atoms with Crippen molar-refractivity contribution in [1.29, 1.82) is 0 Å². The summed E-state index contributed by atoms with van der Waals surface area (Å²) in [7, 11) is 2.86. The van der Waals surface area contributed by atoms with Crippen molar-refractivity contribution < 1.29 is 24.1 Å². The van der Waals surface area contributed by atoms with Crippen molar-refractivity contribution in [2.45, 2.75) is 32.3 Å². The molecule has 5 nitrogen and oxygen atoms in total. The van der Waals surface area contributed by atoms with E-state index in [1.165, 1.54) is 14.2 Å². The zero-order chi connectivity index (χ0) is 14.0. The standard InChI is InChI=1S/C14H18O5/c1-4-5-6-9-8-7-10(17-2)12(15)13(18-3)11(8)14(16)19-9/h7,9,15H,4-6H2,1-3H3. The normalized spacial score (nSPS) is 17.0. The lowest BCUT2D eigenvalue weighted by molar-refractivity contribution is 0.0362. The molecular weight excluding hydrogens is 248 g/mol. The van der Waals surface area contributed by atoms with Crippen LogP contribution in [0, 0.1) is 0 Å². The fourth-order valence-electron chi connectivity index (χ4n) is 2.32. The molecule has 1 aromatic rings. The van der Waals surface area contributed by atoms with E-state index in [1.807, 2.05) is 0 Å². The molecule has 104 valence electrons. The van der Waals surface area contributed by atoms with E-state index in [4.69, 9.17) is 14.2 Å². The van der Waals surface area contributed by atoms with Gasteiger partial charge in [0.15, 0.2) is 11.5 Å². The number of fused-ring (bicyclic) bond motifs is 1. The first-order chi connectivity index (χ1) is 9.13. The summed E-state index contributed by atoms with van der Waals surface area (Å²) >= 11 is 0. The molecule has 5 heteroatoms. The predicted octanol–water partition coefficient (Wildman–Crippen LogP) is 2.81. The molecule has 0 radical (unpaired) electrons. The van der Waals surface area contributed by atoms with Gasteiger partial charge in [-0.1, -0.05) is 13.3 Å². The summed E-state index contributed by atoms with van der Waals surface area (Å²) < 4.78 is 15.6. The van der Waals surface area contributed by atoms with E-state index in [0.29, 0.717) is 5.56 Å². The van der Waals surface area contributed by atoms with Crippen LogP contribution in [0.3, 0.4) is 0 Å². The third-order valence-electron chi connectivity index (χ3n) is 3.30. The number of carbonyl (C=O) groups is 1. The van der Waals surface area contributed by atoms with E-state index in [0.717, 1.165) is 24.8 Å². The van der Waals surface area contributed by atoms with Crippen LogP contribution in [0.15, 0.2) is 6.07 Å². The Morgan fingerprint density at radius 1 is 1.37 bits per heavy atom. The van der Waals surface area contributed by atoms with E-state index in [-0.39, 0.29) is 23.4 Å². The molecule has 1 aliphatic heterocycles. The van der Waals surface area contributed by atoms with Crippen molar-refractivity contribution >= 4 is 5.97 Å². The first-order valence-electron chi connectivity index (χ1n) is 6.32. The number of phenolic OH excluding ortho intramolecular Hbond substituents is 1. The van der Waals surface area contributed by atoms with Gasteiger partial charge in [0.2, 0.25) is 5.75 Å². The topological polar surface area (TPSA) is 65.0 Å². The smallest absolute Gasteiger partial charge is 0.343 e. The van der Waals surface area contributed by atoms with Crippen LogP contribution < -0.4 is 9.47 Å². The highest BCUT2D eigenvalue weighted by atomic mass is 16.6. The number of unbranched alkanes of at least 4 members (excludes halogenated alkanes) is 1. The zero-order valence-corrected chi connectivity index (χ0v) is 11.4. The van der Waals surface area contributed by atoms with Gasteiger partial charge in [0, 0.05) is 5.56 Å². The molecule has 0 bridgehead atoms. The van der Waals surface area contributed by atoms with E-state index < -0.39 is 5.97 Å². The number of phenols is 1. The SMILES string of the molecule is CCCCC1OC(=O)c2c1cc(OC)c(O)c2OC. The molecule has 0 saturated carbocycles. The number of rotatable bonds is 5. The molecule has 1 heterocycles. The zero-order valence-electron chi connectivity index (χ0n) is 11.4. The monoisotopic (exact) mass is 266 g/mol. The van der Waals surface area contributed by atoms with Gasteiger partial charge in [-0.25, -0.2) is 4.79 Å². The van der Waals surface area contributed by atoms with Gasteiger partial charge in [-0.05, 0) is 18.9 Å². The maximum absolute atomic E-state index is 11.9. The number of hydrogen-bond donors (Lipinski definition) is 1. The van der Waals surface area contributed by atoms with Crippen molar-refractivity contribution in [2.24, 2.45) is 0 Å². The Balaban J connectivity index is 2.50. The summed E-state index contributed by atoms with van der Waals surface area (Å²) in [6.45, 7) is 2.08. The van der Waals surface area contributed by atoms with Crippen molar-refractivity contribution in [3.05, 3.63) is 17.2 Å². The van der Waals surface area contributed by atoms with Gasteiger partial charge in [0.1, 0.15) is 11.7 Å². The van der Waals surface area contributed by atoms with E-state index in [1.54, 1.807) is 6.07 Å². The molecule has 0 amide bonds. The fraction of sp³-hybridized carbons (Fsp3) is 0.500. The Morgan fingerprint density at radius 2 is 2.11 bits per heavy atom. The average Bonchev–Trinajstić information content (AvgIpc) is 2.72. The Bertz CT molecular complexity index is 495. The van der Waals surface area contributed by atoms with Gasteiger partial charge < -0.3 is 19.3 Å². The Kier molecular flexibility index (Phi) is 3.83. The number of cyclic esters (lactones) is 1. The number of aromatic hydroxyl groups is 1. The van der Waals surface area contributed by atoms with Crippen LogP contribution in [0.1, 0.15) is 48.2 Å². The molecule has 0 aromatic heterocycles. The Morgan fingerprint density at radius 3 is 2.68 bits per heavy atom. The molecule has 2 rings (SSSR count). The van der Waals surface area contributed by atoms with Gasteiger partial charge >= 0.3 is 5.97 Å². The first kappa shape index (κ1) is 13.5. The molecule has 1 N–H and O–H groups in total. The average molecular weight is 266 g/mol. The Labute approximate surface area is 112 Å². The van der Waals surface area contributed by atoms with Gasteiger partial charge in [-0.15, -0.1) is 0 Å². The summed E-state index contributed by atoms with van der Waals surface area (Å²) in [4.78, 5) is 11.9. The lowest BCUT2D eigenvalue weighted by Gasteiger charge is -2.13. The van der Waals surface area contributed by atoms with Gasteiger partial charge in [0.05, 0.1) is 14.2 Å². The Hall–Kier alpha value is -1.91. The second-order valence-electron chi connectivity index (χ2n) is 4.46. The van der Waals surface area contributed by atoms with Gasteiger partial charge in [-0.2, -0.15) is 0 Å². The van der Waals surface area contributed by atoms with Crippen LogP contribution >= 0.6 is 0 Å². The third-order valence-corrected chi connectivity index (χ3v) is 3.30. The number of carbonyl (C=O) groups excluding carboxylic acids is 1. The summed E-state index contributed by atoms with van der Waals surface area (Å²) in [6.07, 6.45) is 2.45. The lowest BCUT2D eigenvalue weighted by Crippen LogP contribution is -1.99. The van der Waals surface area contributed by atoms with Gasteiger partial charge in [0.25, 0.3) is 0 Å². The molecule has 0 aliphatic carbocycles. The maximum Gasteiger partial charge on any atom is 0.343 e. The van der Waals surface area contributed by atoms with Crippen molar-refractivity contribution in [3.8, 4) is 17.2 Å². The molecule has 1 unspecified atom stereocenters. The molecule has 0 spiro atoms. The van der Waals surface area contributed by atoms with Crippen LogP contribution in [-0.4, -0.2) is 25.3 Å². The number of methoxy groups -OCH3 is 2. The largest absolute Gasteiger partial charge is 0.502 e. The highest BCUT2D eigenvalue weighted by Crippen LogP contribution is 2.47. The van der Waals surface area contributed by atoms with Crippen LogP contribution in [0.4, 0.5) is 0 Å². The second-order valence-corrected chi connectivity index (χ2v) is 4.46. The highest BCUT2D eigenvalue weighted by molar-refractivity contribution is 5.98. The maximum atomic E-state index is 11.9. The molecule has 1 aromatic carbocycles. The summed E-state index contributed by atoms with van der Waals surface area (Å²) in [5, 5.41) is 9.98. The third kappa shape index (κ3) is 2.20. The van der Waals surface area contributed by atoms with Crippen LogP contribution in [0.25, 0.3) is 0 Å². The minimum absolute atomic E-state index is 0.123. The van der Waals surface area contributed by atoms with Crippen LogP contribution in [-0.2, 0) is 4.74 Å². The van der Waals surface area contributed by atoms with E-state index in [2.05, 4.69) is 6.92 Å². The van der Waals surface area contributed by atoms with Crippen molar-refractivity contribution in [3.63, 3.8) is 0 Å². The number of esters is 1. The lowest BCUT2D eigenvalue weighted by atomic mass is 9.99.